The smallest absolute Gasteiger partial charge is 0.317 e. The number of nitrogens with zero attached hydrogens (tertiary/aromatic N) is 2. The van der Waals surface area contributed by atoms with Crippen LogP contribution >= 0.6 is 36.1 Å². The fraction of sp³-hybridized carbons (Fsp3) is 0.280. The summed E-state index contributed by atoms with van der Waals surface area (Å²) in [5.41, 5.74) is 4.90. The zero-order chi connectivity index (χ0) is 49.8. The second-order valence-electron chi connectivity index (χ2n) is 16.1. The number of phenolic OH excluding ortho intramolecular Hbond substituents is 1. The van der Waals surface area contributed by atoms with Gasteiger partial charge in [-0.3, -0.25) is 44.1 Å². The fourth-order valence-electron chi connectivity index (χ4n) is 7.47. The number of hydrogen-bond acceptors (Lipinski definition) is 16. The van der Waals surface area contributed by atoms with Gasteiger partial charge in [0, 0.05) is 88.9 Å². The molecule has 0 atom stereocenters. The number of thiocarbonyl (C=S) groups is 1. The van der Waals surface area contributed by atoms with Crippen LogP contribution in [0.1, 0.15) is 18.4 Å². The monoisotopic (exact) mass is 1010 g/mol. The van der Waals surface area contributed by atoms with Crippen LogP contribution < -0.4 is 31.7 Å². The van der Waals surface area contributed by atoms with Gasteiger partial charge in [-0.05, 0) is 126 Å². The molecule has 17 nitrogen and oxygen atoms in total. The van der Waals surface area contributed by atoms with Crippen LogP contribution in [-0.2, 0) is 35.1 Å². The number of amides is 1. The van der Waals surface area contributed by atoms with E-state index in [1.807, 2.05) is 48.5 Å². The molecule has 0 bridgehead atoms. The Balaban J connectivity index is 0.895. The van der Waals surface area contributed by atoms with Gasteiger partial charge in [-0.25, -0.2) is 0 Å². The molecule has 4 aromatic rings. The zero-order valence-electron chi connectivity index (χ0n) is 38.2. The summed E-state index contributed by atoms with van der Waals surface area (Å²) in [5, 5.41) is 41.1. The topological polar surface area (TPSA) is 252 Å². The zero-order valence-corrected chi connectivity index (χ0v) is 40.7. The molecule has 0 saturated carbocycles. The van der Waals surface area contributed by atoms with Gasteiger partial charge in [0.05, 0.1) is 46.0 Å². The second-order valence-corrected chi connectivity index (χ2v) is 17.9. The Labute approximate surface area is 418 Å². The first-order chi connectivity index (χ1) is 33.8. The molecule has 1 amide bonds. The van der Waals surface area contributed by atoms with Crippen molar-refractivity contribution in [2.24, 2.45) is 10.3 Å². The molecule has 2 aliphatic rings. The van der Waals surface area contributed by atoms with Crippen LogP contribution in [0.4, 0.5) is 11.4 Å². The highest BCUT2D eigenvalue weighted by atomic mass is 32.2. The van der Waals surface area contributed by atoms with Crippen LogP contribution in [0.2, 0.25) is 0 Å². The molecule has 0 fully saturated rings. The fourth-order valence-corrected chi connectivity index (χ4v) is 8.27. The lowest BCUT2D eigenvalue weighted by molar-refractivity contribution is -0.139. The number of fused-ring (bicyclic) bond motifs is 2. The van der Waals surface area contributed by atoms with Crippen molar-refractivity contribution in [3.8, 4) is 28.2 Å². The van der Waals surface area contributed by atoms with Crippen LogP contribution in [0.25, 0.3) is 33.4 Å². The first-order valence-corrected chi connectivity index (χ1v) is 24.4. The summed E-state index contributed by atoms with van der Waals surface area (Å²) in [4.78, 5) is 68.0. The number of ether oxygens (including phenoxy) is 2. The predicted octanol–water partition coefficient (Wildman–Crippen LogP) is 6.01. The minimum atomic E-state index is -1.12. The number of carbonyl (C=O) groups is 4. The van der Waals surface area contributed by atoms with Gasteiger partial charge in [-0.2, -0.15) is 0 Å². The van der Waals surface area contributed by atoms with Gasteiger partial charge in [0.15, 0.2) is 16.3 Å². The summed E-state index contributed by atoms with van der Waals surface area (Å²) in [6.07, 6.45) is 0.791. The quantitative estimate of drug-likeness (QED) is 0.0129. The molecule has 0 unspecified atom stereocenters. The molecule has 0 radical (unpaired) electrons. The molecule has 1 heterocycles. The van der Waals surface area contributed by atoms with Crippen molar-refractivity contribution >= 4 is 87.0 Å². The van der Waals surface area contributed by atoms with E-state index in [9.17, 15) is 34.2 Å². The molecule has 0 saturated heterocycles. The number of Topliss-reactive ketones (excluding diaryl/α,β-unsaturated/α-hetero) is 2. The number of carboxylic acid groups (broad SMARTS) is 1. The molecule has 6 rings (SSSR count). The third kappa shape index (κ3) is 17.0. The number of nitrogens with one attached hydrogen (secondary N) is 3. The Hall–Kier alpha value is -6.20. The number of aromatic hydroxyl groups is 1. The number of carboxylic acids is 1. The molecular weight excluding hydrogens is 955 g/mol. The third-order valence-corrected chi connectivity index (χ3v) is 12.1. The molecule has 368 valence electrons. The number of ketones is 2. The number of benzene rings is 5. The van der Waals surface area contributed by atoms with Crippen LogP contribution in [0.3, 0.4) is 0 Å². The van der Waals surface area contributed by atoms with E-state index in [0.29, 0.717) is 61.5 Å². The Kier molecular flexibility index (Phi) is 20.7. The van der Waals surface area contributed by atoms with E-state index in [1.165, 1.54) is 23.1 Å². The van der Waals surface area contributed by atoms with Gasteiger partial charge in [0.1, 0.15) is 22.9 Å². The summed E-state index contributed by atoms with van der Waals surface area (Å²) in [5.74, 6) is -1.29. The summed E-state index contributed by atoms with van der Waals surface area (Å²) in [7, 11) is 0. The molecule has 4 aromatic carbocycles. The van der Waals surface area contributed by atoms with E-state index in [2.05, 4.69) is 16.0 Å². The maximum atomic E-state index is 13.2. The lowest BCUT2D eigenvalue weighted by Gasteiger charge is -2.26. The second kappa shape index (κ2) is 27.3. The van der Waals surface area contributed by atoms with Gasteiger partial charge in [0.25, 0.3) is 0 Å². The maximum Gasteiger partial charge on any atom is 0.317 e. The van der Waals surface area contributed by atoms with Gasteiger partial charge in [-0.15, -0.1) is 0 Å². The number of aliphatic carboxylic acids is 1. The minimum Gasteiger partial charge on any atom is -0.508 e. The van der Waals surface area contributed by atoms with E-state index in [-0.39, 0.29) is 68.3 Å². The number of nitrogens with two attached hydrogens (primary N) is 2. The van der Waals surface area contributed by atoms with Crippen molar-refractivity contribution in [1.29, 1.82) is 0 Å². The van der Waals surface area contributed by atoms with Crippen molar-refractivity contribution in [3.63, 3.8) is 0 Å². The summed E-state index contributed by atoms with van der Waals surface area (Å²) < 4.78 is 17.3. The first-order valence-electron chi connectivity index (χ1n) is 22.3. The summed E-state index contributed by atoms with van der Waals surface area (Å²) >= 11 is 7.66. The molecule has 20 heteroatoms. The lowest BCUT2D eigenvalue weighted by atomic mass is 9.93. The molecule has 1 aliphatic carbocycles. The van der Waals surface area contributed by atoms with Crippen LogP contribution in [0.5, 0.6) is 5.75 Å². The van der Waals surface area contributed by atoms with Crippen molar-refractivity contribution in [2.45, 2.75) is 29.1 Å². The van der Waals surface area contributed by atoms with Gasteiger partial charge in [-0.1, -0.05) is 24.3 Å². The Morgan fingerprint density at radius 3 is 2.01 bits per heavy atom. The maximum absolute atomic E-state index is 13.2. The molecule has 0 aromatic heterocycles. The van der Waals surface area contributed by atoms with E-state index in [1.54, 1.807) is 47.4 Å². The Morgan fingerprint density at radius 2 is 1.33 bits per heavy atom. The highest BCUT2D eigenvalue weighted by Gasteiger charge is 2.21. The molecular formula is C50H55N7O10S3. The van der Waals surface area contributed by atoms with Gasteiger partial charge >= 0.3 is 5.97 Å². The van der Waals surface area contributed by atoms with Crippen LogP contribution in [0.15, 0.2) is 128 Å². The molecule has 1 aliphatic heterocycles. The molecule has 9 N–H and O–H groups in total. The van der Waals surface area contributed by atoms with Crippen LogP contribution in [-0.4, -0.2) is 121 Å². The molecule has 70 heavy (non-hydrogen) atoms. The number of hydrogen-bond donors (Lipinski definition) is 7. The minimum absolute atomic E-state index is 0.0393. The normalized spacial score (nSPS) is 11.3. The highest BCUT2D eigenvalue weighted by molar-refractivity contribution is 7.97. The number of anilines is 2. The van der Waals surface area contributed by atoms with E-state index in [0.717, 1.165) is 67.0 Å². The highest BCUT2D eigenvalue weighted by Crippen LogP contribution is 2.40. The van der Waals surface area contributed by atoms with E-state index >= 15 is 0 Å². The summed E-state index contributed by atoms with van der Waals surface area (Å²) in [6.45, 7) is 1.35. The Bertz CT molecular complexity index is 2740. The van der Waals surface area contributed by atoms with E-state index < -0.39 is 18.4 Å². The van der Waals surface area contributed by atoms with Gasteiger partial charge in [0.2, 0.25) is 5.91 Å². The average Bonchev–Trinajstić information content (AvgIpc) is 3.33. The number of phenols is 1. The number of carbonyl (C=O) groups excluding carboxylic acids is 3. The van der Waals surface area contributed by atoms with Crippen molar-refractivity contribution in [3.05, 3.63) is 125 Å². The summed E-state index contributed by atoms with van der Waals surface area (Å²) in [6, 6.07) is 31.5. The van der Waals surface area contributed by atoms with Crippen molar-refractivity contribution in [1.82, 2.24) is 15.1 Å². The number of rotatable bonds is 28. The average molecular weight is 1010 g/mol. The van der Waals surface area contributed by atoms with Crippen LogP contribution in [0, 0.1) is 0 Å². The van der Waals surface area contributed by atoms with Crippen molar-refractivity contribution in [2.75, 3.05) is 82.9 Å². The molecule has 0 spiro atoms. The predicted molar refractivity (Wildman–Crippen MR) is 277 cm³/mol. The largest absolute Gasteiger partial charge is 0.508 e. The Morgan fingerprint density at radius 1 is 0.700 bits per heavy atom. The lowest BCUT2D eigenvalue weighted by Crippen LogP contribution is -2.44. The van der Waals surface area contributed by atoms with E-state index in [4.69, 9.17) is 36.4 Å². The van der Waals surface area contributed by atoms with Crippen molar-refractivity contribution < 1.29 is 43.3 Å². The SMILES string of the molecule is NSc1ccc(CC(=O)CN(CCN(CC(=O)O)CC(=O)Nc2ccc(SN)cc2)CC(=O)CCCOCCOCCNC(=S)Nc2ccc(-c3c4ccc(=O)cc-4oc4cc(O)ccc34)cc2)cc1. The first kappa shape index (κ1) is 53.2. The third-order valence-electron chi connectivity index (χ3n) is 10.7. The van der Waals surface area contributed by atoms with Gasteiger partial charge < -0.3 is 40.1 Å². The standard InChI is InChI=1S/C50H55N7O10S3/c51-69-41-13-3-33(4-14-41)26-40(61)30-56(20-21-57(32-48(63)64)31-47(62)54-35-9-15-42(70-52)16-10-35)29-39(60)2-1-22-65-24-25-66-23-19-53-50(68)55-36-7-5-34(6-8-36)49-43-17-11-37(58)27-45(43)67-46-28-38(59)12-18-44(46)49/h3-18,27-28,58H,1-2,19-26,29-32,51-52H2,(H,54,62)(H,63,64)(H2,53,55,68).